The summed E-state index contributed by atoms with van der Waals surface area (Å²) in [7, 11) is 1.48. The Morgan fingerprint density at radius 3 is 2.40 bits per heavy atom. The number of methoxy groups -OCH3 is 1. The maximum Gasteiger partial charge on any atom is 0.123 e. The third-order valence-electron chi connectivity index (χ3n) is 2.39. The average molecular weight is 213 g/mol. The molecule has 0 spiro atoms. The molecule has 84 valence electrons. The molecular formula is C11H16FNO2. The zero-order valence-electron chi connectivity index (χ0n) is 8.90. The van der Waals surface area contributed by atoms with Crippen LogP contribution in [0.5, 0.6) is 0 Å². The first kappa shape index (κ1) is 12.1. The Bertz CT molecular complexity index is 311. The van der Waals surface area contributed by atoms with Gasteiger partial charge in [-0.25, -0.2) is 4.39 Å². The van der Waals surface area contributed by atoms with Gasteiger partial charge in [-0.1, -0.05) is 12.1 Å². The molecule has 3 nitrogen and oxygen atoms in total. The molecule has 0 bridgehead atoms. The van der Waals surface area contributed by atoms with Crippen molar-refractivity contribution in [3.8, 4) is 0 Å². The van der Waals surface area contributed by atoms with E-state index in [1.807, 2.05) is 0 Å². The van der Waals surface area contributed by atoms with E-state index in [9.17, 15) is 9.50 Å². The molecular weight excluding hydrogens is 197 g/mol. The van der Waals surface area contributed by atoms with Crippen molar-refractivity contribution in [1.82, 2.24) is 0 Å². The van der Waals surface area contributed by atoms with Gasteiger partial charge in [0.05, 0.1) is 0 Å². The maximum absolute atomic E-state index is 12.7. The van der Waals surface area contributed by atoms with Gasteiger partial charge in [0.1, 0.15) is 17.5 Å². The van der Waals surface area contributed by atoms with Crippen LogP contribution in [0.2, 0.25) is 0 Å². The van der Waals surface area contributed by atoms with E-state index in [1.54, 1.807) is 19.1 Å². The number of hydrogen-bond acceptors (Lipinski definition) is 3. The highest BCUT2D eigenvalue weighted by Crippen LogP contribution is 2.28. The van der Waals surface area contributed by atoms with Crippen LogP contribution in [0, 0.1) is 5.82 Å². The van der Waals surface area contributed by atoms with E-state index in [2.05, 4.69) is 0 Å². The van der Waals surface area contributed by atoms with Gasteiger partial charge in [-0.2, -0.15) is 0 Å². The Labute approximate surface area is 88.7 Å². The van der Waals surface area contributed by atoms with Gasteiger partial charge in [0.15, 0.2) is 0 Å². The summed E-state index contributed by atoms with van der Waals surface area (Å²) in [6, 6.07) is 5.81. The van der Waals surface area contributed by atoms with Gasteiger partial charge < -0.3 is 15.6 Å². The number of ether oxygens (including phenoxy) is 1. The van der Waals surface area contributed by atoms with Crippen molar-refractivity contribution in [2.75, 3.05) is 13.7 Å². The van der Waals surface area contributed by atoms with Gasteiger partial charge in [-0.05, 0) is 24.6 Å². The molecule has 15 heavy (non-hydrogen) atoms. The Kier molecular flexibility index (Phi) is 3.79. The SMILES string of the molecule is COC(c1ccc(F)cc1)C(C)(O)CN. The highest BCUT2D eigenvalue weighted by molar-refractivity contribution is 5.21. The van der Waals surface area contributed by atoms with E-state index in [4.69, 9.17) is 10.5 Å². The van der Waals surface area contributed by atoms with Gasteiger partial charge in [0, 0.05) is 13.7 Å². The van der Waals surface area contributed by atoms with Crippen LogP contribution in [0.3, 0.4) is 0 Å². The molecule has 0 fully saturated rings. The van der Waals surface area contributed by atoms with E-state index in [-0.39, 0.29) is 12.4 Å². The van der Waals surface area contributed by atoms with Crippen molar-refractivity contribution < 1.29 is 14.2 Å². The van der Waals surface area contributed by atoms with Crippen LogP contribution in [0.15, 0.2) is 24.3 Å². The minimum atomic E-state index is -1.16. The van der Waals surface area contributed by atoms with Crippen LogP contribution in [-0.4, -0.2) is 24.4 Å². The second-order valence-corrected chi connectivity index (χ2v) is 3.73. The second kappa shape index (κ2) is 4.70. The van der Waals surface area contributed by atoms with E-state index < -0.39 is 11.7 Å². The monoisotopic (exact) mass is 213 g/mol. The molecule has 0 aliphatic heterocycles. The van der Waals surface area contributed by atoms with E-state index in [0.29, 0.717) is 5.56 Å². The van der Waals surface area contributed by atoms with Gasteiger partial charge in [0.25, 0.3) is 0 Å². The third-order valence-corrected chi connectivity index (χ3v) is 2.39. The largest absolute Gasteiger partial charge is 0.386 e. The van der Waals surface area contributed by atoms with Crippen molar-refractivity contribution in [2.24, 2.45) is 5.73 Å². The summed E-state index contributed by atoms with van der Waals surface area (Å²) in [5.41, 5.74) is 4.99. The first-order valence-corrected chi connectivity index (χ1v) is 4.72. The third kappa shape index (κ3) is 2.75. The lowest BCUT2D eigenvalue weighted by atomic mass is 9.93. The molecule has 0 heterocycles. The molecule has 0 aliphatic rings. The van der Waals surface area contributed by atoms with Gasteiger partial charge in [-0.15, -0.1) is 0 Å². The molecule has 4 heteroatoms. The number of aliphatic hydroxyl groups is 1. The second-order valence-electron chi connectivity index (χ2n) is 3.73. The van der Waals surface area contributed by atoms with Crippen LogP contribution in [-0.2, 0) is 4.74 Å². The zero-order chi connectivity index (χ0) is 11.5. The Morgan fingerprint density at radius 1 is 1.47 bits per heavy atom. The molecule has 0 saturated carbocycles. The molecule has 0 saturated heterocycles. The lowest BCUT2D eigenvalue weighted by Crippen LogP contribution is -2.41. The topological polar surface area (TPSA) is 55.5 Å². The fraction of sp³-hybridized carbons (Fsp3) is 0.455. The normalized spacial score (nSPS) is 17.1. The predicted molar refractivity (Wildman–Crippen MR) is 55.8 cm³/mol. The smallest absolute Gasteiger partial charge is 0.123 e. The van der Waals surface area contributed by atoms with E-state index in [0.717, 1.165) is 0 Å². The van der Waals surface area contributed by atoms with Crippen molar-refractivity contribution in [2.45, 2.75) is 18.6 Å². The number of hydrogen-bond donors (Lipinski definition) is 2. The summed E-state index contributed by atoms with van der Waals surface area (Å²) in [6.45, 7) is 1.66. The molecule has 1 rings (SSSR count). The summed E-state index contributed by atoms with van der Waals surface area (Å²) < 4.78 is 17.9. The molecule has 0 aromatic heterocycles. The lowest BCUT2D eigenvalue weighted by molar-refractivity contribution is -0.0779. The lowest BCUT2D eigenvalue weighted by Gasteiger charge is -2.30. The zero-order valence-corrected chi connectivity index (χ0v) is 8.90. The predicted octanol–water partition coefficient (Wildman–Crippen LogP) is 1.22. The maximum atomic E-state index is 12.7. The van der Waals surface area contributed by atoms with Crippen molar-refractivity contribution >= 4 is 0 Å². The fourth-order valence-electron chi connectivity index (χ4n) is 1.49. The summed E-state index contributed by atoms with van der Waals surface area (Å²) >= 11 is 0. The van der Waals surface area contributed by atoms with Crippen molar-refractivity contribution in [3.05, 3.63) is 35.6 Å². The first-order chi connectivity index (χ1) is 7.01. The Hall–Kier alpha value is -0.970. The average Bonchev–Trinajstić information content (AvgIpc) is 2.22. The fourth-order valence-corrected chi connectivity index (χ4v) is 1.49. The van der Waals surface area contributed by atoms with Crippen LogP contribution in [0.1, 0.15) is 18.6 Å². The molecule has 2 unspecified atom stereocenters. The Balaban J connectivity index is 2.97. The molecule has 0 aliphatic carbocycles. The number of rotatable bonds is 4. The quantitative estimate of drug-likeness (QED) is 0.790. The van der Waals surface area contributed by atoms with Gasteiger partial charge >= 0.3 is 0 Å². The number of benzene rings is 1. The summed E-state index contributed by atoms with van der Waals surface area (Å²) in [5.74, 6) is -0.319. The van der Waals surface area contributed by atoms with Crippen LogP contribution in [0.25, 0.3) is 0 Å². The number of halogens is 1. The summed E-state index contributed by atoms with van der Waals surface area (Å²) in [6.07, 6.45) is -0.553. The molecule has 0 amide bonds. The Morgan fingerprint density at radius 2 is 2.00 bits per heavy atom. The standard InChI is InChI=1S/C11H16FNO2/c1-11(14,7-13)10(15-2)8-3-5-9(12)6-4-8/h3-6,10,14H,7,13H2,1-2H3. The highest BCUT2D eigenvalue weighted by atomic mass is 19.1. The molecule has 1 aromatic rings. The van der Waals surface area contributed by atoms with Crippen LogP contribution < -0.4 is 5.73 Å². The highest BCUT2D eigenvalue weighted by Gasteiger charge is 2.31. The molecule has 0 radical (unpaired) electrons. The minimum absolute atomic E-state index is 0.0723. The molecule has 2 atom stereocenters. The van der Waals surface area contributed by atoms with E-state index in [1.165, 1.54) is 19.2 Å². The van der Waals surface area contributed by atoms with Crippen LogP contribution in [0.4, 0.5) is 4.39 Å². The van der Waals surface area contributed by atoms with Crippen molar-refractivity contribution in [1.29, 1.82) is 0 Å². The summed E-state index contributed by atoms with van der Waals surface area (Å²) in [5, 5.41) is 9.96. The summed E-state index contributed by atoms with van der Waals surface area (Å²) in [4.78, 5) is 0. The number of nitrogens with two attached hydrogens (primary N) is 1. The molecule has 1 aromatic carbocycles. The minimum Gasteiger partial charge on any atom is -0.386 e. The van der Waals surface area contributed by atoms with Crippen LogP contribution >= 0.6 is 0 Å². The van der Waals surface area contributed by atoms with Gasteiger partial charge in [-0.3, -0.25) is 0 Å². The molecule has 3 N–H and O–H groups in total. The van der Waals surface area contributed by atoms with Crippen molar-refractivity contribution in [3.63, 3.8) is 0 Å². The van der Waals surface area contributed by atoms with E-state index >= 15 is 0 Å². The first-order valence-electron chi connectivity index (χ1n) is 4.72. The van der Waals surface area contributed by atoms with Gasteiger partial charge in [0.2, 0.25) is 0 Å².